The Hall–Kier alpha value is -2.14. The number of aromatic nitrogens is 2. The monoisotopic (exact) mass is 362 g/mol. The van der Waals surface area contributed by atoms with Crippen LogP contribution in [0.4, 0.5) is 4.39 Å². The summed E-state index contributed by atoms with van der Waals surface area (Å²) in [5, 5.41) is 7.77. The summed E-state index contributed by atoms with van der Waals surface area (Å²) in [7, 11) is 0. The maximum atomic E-state index is 13.5. The molecule has 1 aromatic rings. The number of esters is 2. The van der Waals surface area contributed by atoms with Crippen LogP contribution in [0.1, 0.15) is 19.2 Å². The zero-order chi connectivity index (χ0) is 18.0. The van der Waals surface area contributed by atoms with Gasteiger partial charge in [0.15, 0.2) is 12.2 Å². The number of thioether (sulfide) groups is 1. The number of nitrogens with one attached hydrogen (secondary N) is 1. The molecule has 1 aromatic heterocycles. The van der Waals surface area contributed by atoms with Crippen LogP contribution in [0.2, 0.25) is 0 Å². The van der Waals surface area contributed by atoms with Gasteiger partial charge in [0.05, 0.1) is 18.1 Å². The molecule has 1 saturated heterocycles. The maximum absolute atomic E-state index is 13.5. The van der Waals surface area contributed by atoms with Crippen LogP contribution in [0.3, 0.4) is 0 Å². The molecular weight excluding hydrogens is 347 g/mol. The van der Waals surface area contributed by atoms with Gasteiger partial charge in [-0.25, -0.2) is 4.79 Å². The van der Waals surface area contributed by atoms with Crippen molar-refractivity contribution in [1.29, 1.82) is 0 Å². The number of halogens is 1. The van der Waals surface area contributed by atoms with Gasteiger partial charge in [0.25, 0.3) is 5.56 Å². The molecule has 0 amide bonds. The third-order valence-electron chi connectivity index (χ3n) is 3.27. The first-order valence-electron chi connectivity index (χ1n) is 6.86. The Morgan fingerprint density at radius 3 is 2.42 bits per heavy atom. The van der Waals surface area contributed by atoms with Gasteiger partial charge in [0, 0.05) is 13.8 Å². The third-order valence-corrected chi connectivity index (χ3v) is 4.81. The van der Waals surface area contributed by atoms with Crippen molar-refractivity contribution in [3.8, 4) is 0 Å². The van der Waals surface area contributed by atoms with Gasteiger partial charge >= 0.3 is 17.6 Å². The largest absolute Gasteiger partial charge is 0.457 e. The highest BCUT2D eigenvalue weighted by Gasteiger charge is 2.49. The molecular formula is C13H15FN2O7S. The van der Waals surface area contributed by atoms with Crippen LogP contribution in [-0.4, -0.2) is 50.7 Å². The van der Waals surface area contributed by atoms with Crippen LogP contribution >= 0.6 is 11.8 Å². The van der Waals surface area contributed by atoms with E-state index in [9.17, 15) is 28.7 Å². The number of H-pyrrole nitrogens is 1. The average Bonchev–Trinajstić information content (AvgIpc) is 2.79. The van der Waals surface area contributed by atoms with Crippen molar-refractivity contribution in [3.63, 3.8) is 0 Å². The number of ether oxygens (including phenoxy) is 2. The lowest BCUT2D eigenvalue weighted by atomic mass is 10.1. The van der Waals surface area contributed by atoms with Gasteiger partial charge in [-0.3, -0.25) is 23.9 Å². The molecule has 0 radical (unpaired) electrons. The van der Waals surface area contributed by atoms with Gasteiger partial charge in [-0.1, -0.05) is 0 Å². The van der Waals surface area contributed by atoms with Crippen LogP contribution in [-0.2, 0) is 19.1 Å². The molecule has 9 nitrogen and oxygen atoms in total. The van der Waals surface area contributed by atoms with Crippen molar-refractivity contribution in [2.45, 2.75) is 36.7 Å². The molecule has 0 aliphatic carbocycles. The molecule has 1 fully saturated rings. The fraction of sp³-hybridized carbons (Fsp3) is 0.538. The van der Waals surface area contributed by atoms with E-state index in [1.54, 1.807) is 4.98 Å². The minimum Gasteiger partial charge on any atom is -0.457 e. The van der Waals surface area contributed by atoms with Crippen molar-refractivity contribution >= 4 is 23.7 Å². The van der Waals surface area contributed by atoms with Crippen LogP contribution < -0.4 is 11.2 Å². The average molecular weight is 362 g/mol. The smallest absolute Gasteiger partial charge is 0.329 e. The number of rotatable bonds is 4. The lowest BCUT2D eigenvalue weighted by Crippen LogP contribution is -2.42. The number of carbonyl (C=O) groups excluding carboxylic acids is 2. The Bertz CT molecular complexity index is 761. The fourth-order valence-corrected chi connectivity index (χ4v) is 3.84. The number of nitrogens with zero attached hydrogens (tertiary/aromatic N) is 1. The Balaban J connectivity index is 2.48. The molecule has 1 aliphatic rings. The summed E-state index contributed by atoms with van der Waals surface area (Å²) in [5.41, 5.74) is -2.10. The van der Waals surface area contributed by atoms with Crippen LogP contribution in [0.5, 0.6) is 0 Å². The highest BCUT2D eigenvalue weighted by atomic mass is 32.2. The van der Waals surface area contributed by atoms with E-state index in [0.29, 0.717) is 6.20 Å². The minimum atomic E-state index is -1.20. The molecule has 1 aliphatic heterocycles. The fourth-order valence-electron chi connectivity index (χ4n) is 2.38. The van der Waals surface area contributed by atoms with Crippen LogP contribution in [0.25, 0.3) is 0 Å². The van der Waals surface area contributed by atoms with Crippen LogP contribution in [0.15, 0.2) is 15.8 Å². The van der Waals surface area contributed by atoms with E-state index in [2.05, 4.69) is 0 Å². The molecule has 0 bridgehead atoms. The number of aliphatic hydroxyl groups excluding tert-OH is 1. The van der Waals surface area contributed by atoms with E-state index in [-0.39, 0.29) is 0 Å². The molecule has 11 heteroatoms. The molecule has 24 heavy (non-hydrogen) atoms. The molecule has 0 saturated carbocycles. The highest BCUT2D eigenvalue weighted by molar-refractivity contribution is 8.00. The predicted octanol–water partition coefficient (Wildman–Crippen LogP) is -0.855. The van der Waals surface area contributed by atoms with Crippen molar-refractivity contribution in [2.75, 3.05) is 6.61 Å². The van der Waals surface area contributed by atoms with Gasteiger partial charge in [-0.2, -0.15) is 4.39 Å². The van der Waals surface area contributed by atoms with E-state index in [1.807, 2.05) is 0 Å². The molecule has 4 atom stereocenters. The molecule has 0 spiro atoms. The van der Waals surface area contributed by atoms with E-state index in [1.165, 1.54) is 0 Å². The standard InChI is InChI=1S/C13H15FN2O7S/c1-5(18)22-9-8(4-17)24-12(10(9)23-6(2)19)16-3-7(14)11(20)15-13(16)21/h3,8-10,12,17H,4H2,1-2H3,(H,15,20,21)/t8-,9-,10-,12-/m1/s1. The van der Waals surface area contributed by atoms with Crippen molar-refractivity contribution in [3.05, 3.63) is 32.9 Å². The highest BCUT2D eigenvalue weighted by Crippen LogP contribution is 2.44. The molecule has 0 unspecified atom stereocenters. The third kappa shape index (κ3) is 3.67. The van der Waals surface area contributed by atoms with Crippen LogP contribution in [0, 0.1) is 5.82 Å². The number of hydrogen-bond donors (Lipinski definition) is 2. The first-order chi connectivity index (χ1) is 11.2. The first kappa shape index (κ1) is 18.2. The topological polar surface area (TPSA) is 128 Å². The number of hydrogen-bond acceptors (Lipinski definition) is 8. The van der Waals surface area contributed by atoms with Gasteiger partial charge in [0.1, 0.15) is 5.37 Å². The summed E-state index contributed by atoms with van der Waals surface area (Å²) >= 11 is 0.962. The second-order valence-corrected chi connectivity index (χ2v) is 6.40. The maximum Gasteiger partial charge on any atom is 0.329 e. The van der Waals surface area contributed by atoms with E-state index in [0.717, 1.165) is 30.2 Å². The Labute approximate surface area is 138 Å². The molecule has 132 valence electrons. The Morgan fingerprint density at radius 2 is 1.88 bits per heavy atom. The summed E-state index contributed by atoms with van der Waals surface area (Å²) in [5.74, 6) is -2.58. The summed E-state index contributed by atoms with van der Waals surface area (Å²) in [6, 6.07) is 0. The Kier molecular flexibility index (Phi) is 5.44. The van der Waals surface area contributed by atoms with E-state index < -0.39 is 58.4 Å². The summed E-state index contributed by atoms with van der Waals surface area (Å²) < 4.78 is 24.6. The molecule has 0 aromatic carbocycles. The normalized spacial score (nSPS) is 26.2. The number of aromatic amines is 1. The van der Waals surface area contributed by atoms with Gasteiger partial charge in [-0.05, 0) is 0 Å². The Morgan fingerprint density at radius 1 is 1.29 bits per heavy atom. The zero-order valence-corrected chi connectivity index (χ0v) is 13.5. The minimum absolute atomic E-state index is 0.433. The SMILES string of the molecule is CC(=O)O[C@@H]1[C@H](OC(C)=O)[C@@H](CO)S[C@H]1n1cc(F)c(=O)[nH]c1=O. The summed E-state index contributed by atoms with van der Waals surface area (Å²) in [4.78, 5) is 47.5. The molecule has 2 N–H and O–H groups in total. The predicted molar refractivity (Wildman–Crippen MR) is 79.9 cm³/mol. The lowest BCUT2D eigenvalue weighted by molar-refractivity contribution is -0.165. The second-order valence-electron chi connectivity index (χ2n) is 5.04. The van der Waals surface area contributed by atoms with Gasteiger partial charge in [-0.15, -0.1) is 11.8 Å². The van der Waals surface area contributed by atoms with Crippen molar-refractivity contribution in [2.24, 2.45) is 0 Å². The number of aliphatic hydroxyl groups is 1. The van der Waals surface area contributed by atoms with Crippen molar-refractivity contribution < 1.29 is 28.6 Å². The summed E-state index contributed by atoms with van der Waals surface area (Å²) in [6.07, 6.45) is -1.50. The van der Waals surface area contributed by atoms with Gasteiger partial charge < -0.3 is 14.6 Å². The second kappa shape index (κ2) is 7.18. The number of carbonyl (C=O) groups is 2. The molecule has 2 rings (SSSR count). The van der Waals surface area contributed by atoms with Crippen molar-refractivity contribution in [1.82, 2.24) is 9.55 Å². The lowest BCUT2D eigenvalue weighted by Gasteiger charge is -2.25. The van der Waals surface area contributed by atoms with Gasteiger partial charge in [0.2, 0.25) is 5.82 Å². The first-order valence-corrected chi connectivity index (χ1v) is 7.80. The molecule has 2 heterocycles. The quantitative estimate of drug-likeness (QED) is 0.663. The van der Waals surface area contributed by atoms with E-state index in [4.69, 9.17) is 9.47 Å². The summed E-state index contributed by atoms with van der Waals surface area (Å²) in [6.45, 7) is 1.83. The van der Waals surface area contributed by atoms with E-state index >= 15 is 0 Å². The zero-order valence-electron chi connectivity index (χ0n) is 12.7.